The first-order valence-electron chi connectivity index (χ1n) is 9.28. The fourth-order valence-electron chi connectivity index (χ4n) is 2.84. The molecule has 6 heteroatoms. The van der Waals surface area contributed by atoms with E-state index in [0.29, 0.717) is 12.3 Å². The molecule has 0 saturated carbocycles. The molecule has 28 heavy (non-hydrogen) atoms. The Labute approximate surface area is 165 Å². The minimum Gasteiger partial charge on any atom is -0.496 e. The molecule has 0 aromatic heterocycles. The summed E-state index contributed by atoms with van der Waals surface area (Å²) in [5, 5.41) is 2.87. The van der Waals surface area contributed by atoms with Crippen LogP contribution in [0.2, 0.25) is 0 Å². The van der Waals surface area contributed by atoms with Gasteiger partial charge in [0, 0.05) is 24.6 Å². The number of carbonyl (C=O) groups excluding carboxylic acids is 2. The number of amides is 2. The number of rotatable bonds is 8. The maximum Gasteiger partial charge on any atom is 0.242 e. The SMILES string of the molecule is COc1ccccc1CNC(=O)[C@H](C)N(Cc1ccc(F)cc1)C(=O)C(C)C. The molecule has 0 aliphatic rings. The van der Waals surface area contributed by atoms with Crippen molar-refractivity contribution in [1.82, 2.24) is 10.2 Å². The second-order valence-corrected chi connectivity index (χ2v) is 6.95. The van der Waals surface area contributed by atoms with Crippen molar-refractivity contribution in [1.29, 1.82) is 0 Å². The highest BCUT2D eigenvalue weighted by atomic mass is 19.1. The minimum atomic E-state index is -0.672. The van der Waals surface area contributed by atoms with Crippen LogP contribution in [0, 0.1) is 11.7 Å². The van der Waals surface area contributed by atoms with Gasteiger partial charge >= 0.3 is 0 Å². The molecule has 150 valence electrons. The lowest BCUT2D eigenvalue weighted by Crippen LogP contribution is -2.48. The van der Waals surface area contributed by atoms with Gasteiger partial charge in [-0.25, -0.2) is 4.39 Å². The summed E-state index contributed by atoms with van der Waals surface area (Å²) in [6.45, 7) is 5.81. The third kappa shape index (κ3) is 5.55. The fraction of sp³-hybridized carbons (Fsp3) is 0.364. The van der Waals surface area contributed by atoms with Crippen LogP contribution in [-0.2, 0) is 22.7 Å². The highest BCUT2D eigenvalue weighted by Crippen LogP contribution is 2.18. The molecular weight excluding hydrogens is 359 g/mol. The Bertz CT molecular complexity index is 806. The maximum absolute atomic E-state index is 13.2. The summed E-state index contributed by atoms with van der Waals surface area (Å²) in [5.74, 6) is -0.304. The van der Waals surface area contributed by atoms with Crippen LogP contribution >= 0.6 is 0 Å². The number of benzene rings is 2. The van der Waals surface area contributed by atoms with Gasteiger partial charge in [0.15, 0.2) is 0 Å². The number of halogens is 1. The molecule has 1 N–H and O–H groups in total. The Morgan fingerprint density at radius 3 is 2.32 bits per heavy atom. The van der Waals surface area contributed by atoms with E-state index in [2.05, 4.69) is 5.32 Å². The van der Waals surface area contributed by atoms with Gasteiger partial charge in [-0.05, 0) is 30.7 Å². The van der Waals surface area contributed by atoms with Gasteiger partial charge in [-0.3, -0.25) is 9.59 Å². The molecule has 0 saturated heterocycles. The topological polar surface area (TPSA) is 58.6 Å². The van der Waals surface area contributed by atoms with Crippen molar-refractivity contribution < 1.29 is 18.7 Å². The smallest absolute Gasteiger partial charge is 0.242 e. The molecule has 0 unspecified atom stereocenters. The second-order valence-electron chi connectivity index (χ2n) is 6.95. The number of hydrogen-bond acceptors (Lipinski definition) is 3. The zero-order valence-electron chi connectivity index (χ0n) is 16.7. The number of methoxy groups -OCH3 is 1. The predicted molar refractivity (Wildman–Crippen MR) is 106 cm³/mol. The molecule has 0 heterocycles. The number of nitrogens with one attached hydrogen (secondary N) is 1. The third-order valence-corrected chi connectivity index (χ3v) is 4.54. The van der Waals surface area contributed by atoms with E-state index in [0.717, 1.165) is 11.1 Å². The lowest BCUT2D eigenvalue weighted by atomic mass is 10.1. The van der Waals surface area contributed by atoms with Gasteiger partial charge in [-0.15, -0.1) is 0 Å². The van der Waals surface area contributed by atoms with Gasteiger partial charge in [-0.1, -0.05) is 44.2 Å². The van der Waals surface area contributed by atoms with Gasteiger partial charge < -0.3 is 15.0 Å². The third-order valence-electron chi connectivity index (χ3n) is 4.54. The molecule has 0 aliphatic heterocycles. The van der Waals surface area contributed by atoms with Crippen molar-refractivity contribution in [3.63, 3.8) is 0 Å². The number of ether oxygens (including phenoxy) is 1. The van der Waals surface area contributed by atoms with E-state index >= 15 is 0 Å². The Morgan fingerprint density at radius 2 is 1.71 bits per heavy atom. The number of hydrogen-bond donors (Lipinski definition) is 1. The maximum atomic E-state index is 13.2. The van der Waals surface area contributed by atoms with E-state index < -0.39 is 6.04 Å². The normalized spacial score (nSPS) is 11.8. The lowest BCUT2D eigenvalue weighted by Gasteiger charge is -2.30. The van der Waals surface area contributed by atoms with Crippen molar-refractivity contribution in [3.05, 3.63) is 65.5 Å². The van der Waals surface area contributed by atoms with Crippen molar-refractivity contribution in [2.45, 2.75) is 39.9 Å². The highest BCUT2D eigenvalue weighted by Gasteiger charge is 2.27. The van der Waals surface area contributed by atoms with Crippen molar-refractivity contribution >= 4 is 11.8 Å². The van der Waals surface area contributed by atoms with Crippen molar-refractivity contribution in [3.8, 4) is 5.75 Å². The predicted octanol–water partition coefficient (Wildman–Crippen LogP) is 3.52. The van der Waals surface area contributed by atoms with Crippen LogP contribution in [0.4, 0.5) is 4.39 Å². The number of nitrogens with zero attached hydrogens (tertiary/aromatic N) is 1. The van der Waals surface area contributed by atoms with E-state index in [4.69, 9.17) is 4.74 Å². The Kier molecular flexibility index (Phi) is 7.55. The largest absolute Gasteiger partial charge is 0.496 e. The van der Waals surface area contributed by atoms with Crippen LogP contribution in [0.15, 0.2) is 48.5 Å². The molecule has 0 aliphatic carbocycles. The molecule has 0 bridgehead atoms. The Morgan fingerprint density at radius 1 is 1.07 bits per heavy atom. The summed E-state index contributed by atoms with van der Waals surface area (Å²) in [6.07, 6.45) is 0. The van der Waals surface area contributed by atoms with Crippen LogP contribution in [0.1, 0.15) is 31.9 Å². The molecule has 2 aromatic carbocycles. The zero-order valence-corrected chi connectivity index (χ0v) is 16.7. The molecule has 2 aromatic rings. The minimum absolute atomic E-state index is 0.135. The van der Waals surface area contributed by atoms with Gasteiger partial charge in [0.2, 0.25) is 11.8 Å². The van der Waals surface area contributed by atoms with Crippen LogP contribution in [-0.4, -0.2) is 29.9 Å². The molecule has 2 amide bonds. The van der Waals surface area contributed by atoms with E-state index in [9.17, 15) is 14.0 Å². The molecule has 1 atom stereocenters. The average Bonchev–Trinajstić information content (AvgIpc) is 2.70. The summed E-state index contributed by atoms with van der Waals surface area (Å²) in [7, 11) is 1.58. The van der Waals surface area contributed by atoms with Gasteiger partial charge in [0.1, 0.15) is 17.6 Å². The van der Waals surface area contributed by atoms with E-state index in [-0.39, 0.29) is 30.1 Å². The van der Waals surface area contributed by atoms with Crippen LogP contribution in [0.3, 0.4) is 0 Å². The van der Waals surface area contributed by atoms with Crippen molar-refractivity contribution in [2.75, 3.05) is 7.11 Å². The summed E-state index contributed by atoms with van der Waals surface area (Å²) in [6, 6.07) is 12.7. The van der Waals surface area contributed by atoms with Gasteiger partial charge in [-0.2, -0.15) is 0 Å². The monoisotopic (exact) mass is 386 g/mol. The molecular formula is C22H27FN2O3. The quantitative estimate of drug-likeness (QED) is 0.755. The summed E-state index contributed by atoms with van der Waals surface area (Å²) >= 11 is 0. The summed E-state index contributed by atoms with van der Waals surface area (Å²) in [4.78, 5) is 26.9. The molecule has 5 nitrogen and oxygen atoms in total. The van der Waals surface area contributed by atoms with Gasteiger partial charge in [0.05, 0.1) is 7.11 Å². The van der Waals surface area contributed by atoms with Gasteiger partial charge in [0.25, 0.3) is 0 Å². The Hall–Kier alpha value is -2.89. The molecule has 2 rings (SSSR count). The lowest BCUT2D eigenvalue weighted by molar-refractivity contribution is -0.143. The Balaban J connectivity index is 2.11. The first-order chi connectivity index (χ1) is 13.3. The second kappa shape index (κ2) is 9.88. The van der Waals surface area contributed by atoms with E-state index in [1.807, 2.05) is 24.3 Å². The van der Waals surface area contributed by atoms with Crippen LogP contribution in [0.5, 0.6) is 5.75 Å². The summed E-state index contributed by atoms with van der Waals surface area (Å²) in [5.41, 5.74) is 1.62. The highest BCUT2D eigenvalue weighted by molar-refractivity contribution is 5.88. The summed E-state index contributed by atoms with van der Waals surface area (Å²) < 4.78 is 18.5. The number of carbonyl (C=O) groups is 2. The fourth-order valence-corrected chi connectivity index (χ4v) is 2.84. The molecule has 0 spiro atoms. The zero-order chi connectivity index (χ0) is 20.7. The van der Waals surface area contributed by atoms with E-state index in [1.165, 1.54) is 17.0 Å². The molecule has 0 fully saturated rings. The average molecular weight is 386 g/mol. The van der Waals surface area contributed by atoms with Crippen LogP contribution < -0.4 is 10.1 Å². The first-order valence-corrected chi connectivity index (χ1v) is 9.28. The number of para-hydroxylation sites is 1. The van der Waals surface area contributed by atoms with E-state index in [1.54, 1.807) is 40.0 Å². The standard InChI is InChI=1S/C22H27FN2O3/c1-15(2)22(27)25(14-17-9-11-19(23)12-10-17)16(3)21(26)24-13-18-7-5-6-8-20(18)28-4/h5-12,15-16H,13-14H2,1-4H3,(H,24,26)/t16-/m0/s1. The first kappa shape index (κ1) is 21.4. The van der Waals surface area contributed by atoms with Crippen LogP contribution in [0.25, 0.3) is 0 Å². The molecule has 0 radical (unpaired) electrons. The van der Waals surface area contributed by atoms with Crippen molar-refractivity contribution in [2.24, 2.45) is 5.92 Å².